The van der Waals surface area contributed by atoms with E-state index < -0.39 is 6.61 Å². The van der Waals surface area contributed by atoms with Gasteiger partial charge in [0.2, 0.25) is 5.91 Å². The summed E-state index contributed by atoms with van der Waals surface area (Å²) in [7, 11) is 1.40. The van der Waals surface area contributed by atoms with Crippen LogP contribution in [-0.2, 0) is 11.3 Å². The summed E-state index contributed by atoms with van der Waals surface area (Å²) in [5.74, 6) is 0.345. The highest BCUT2D eigenvalue weighted by atomic mass is 19.3. The van der Waals surface area contributed by atoms with Gasteiger partial charge in [-0.1, -0.05) is 6.07 Å². The van der Waals surface area contributed by atoms with Crippen molar-refractivity contribution < 1.29 is 23.0 Å². The van der Waals surface area contributed by atoms with E-state index in [0.29, 0.717) is 19.5 Å². The Balaban J connectivity index is 1.95. The summed E-state index contributed by atoms with van der Waals surface area (Å²) < 4.78 is 34.1. The molecule has 1 unspecified atom stereocenters. The van der Waals surface area contributed by atoms with Crippen molar-refractivity contribution in [3.05, 3.63) is 23.8 Å². The van der Waals surface area contributed by atoms with Gasteiger partial charge in [0.05, 0.1) is 7.11 Å². The maximum Gasteiger partial charge on any atom is 0.387 e. The number of ether oxygens (including phenoxy) is 2. The van der Waals surface area contributed by atoms with Crippen LogP contribution in [0.5, 0.6) is 11.5 Å². The lowest BCUT2D eigenvalue weighted by Gasteiger charge is -2.23. The fraction of sp³-hybridized carbons (Fsp3) is 0.500. The quantitative estimate of drug-likeness (QED) is 0.839. The maximum atomic E-state index is 12.3. The number of amides is 1. The predicted octanol–water partition coefficient (Wildman–Crippen LogP) is 1.66. The van der Waals surface area contributed by atoms with Crippen molar-refractivity contribution in [2.45, 2.75) is 32.0 Å². The van der Waals surface area contributed by atoms with Crippen LogP contribution in [0.4, 0.5) is 8.78 Å². The van der Waals surface area contributed by atoms with Crippen LogP contribution in [0.25, 0.3) is 0 Å². The van der Waals surface area contributed by atoms with E-state index in [0.717, 1.165) is 12.0 Å². The number of benzene rings is 1. The highest BCUT2D eigenvalue weighted by molar-refractivity contribution is 5.76. The van der Waals surface area contributed by atoms with Crippen LogP contribution in [-0.4, -0.2) is 32.2 Å². The molecule has 0 aromatic heterocycles. The van der Waals surface area contributed by atoms with Crippen molar-refractivity contribution in [3.8, 4) is 11.5 Å². The minimum atomic E-state index is -2.89. The number of piperidine rings is 1. The molecule has 1 aliphatic heterocycles. The lowest BCUT2D eigenvalue weighted by molar-refractivity contribution is -0.122. The molecule has 1 aromatic carbocycles. The zero-order chi connectivity index (χ0) is 15.2. The van der Waals surface area contributed by atoms with Crippen LogP contribution in [0.2, 0.25) is 0 Å². The first-order valence-corrected chi connectivity index (χ1v) is 6.70. The fourth-order valence-corrected chi connectivity index (χ4v) is 2.19. The van der Waals surface area contributed by atoms with E-state index in [1.807, 2.05) is 0 Å². The average Bonchev–Trinajstić information content (AvgIpc) is 2.46. The number of hydrogen-bond acceptors (Lipinski definition) is 4. The number of carbonyl (C=O) groups is 1. The standard InChI is InChI=1S/C14H18F2N2O3/c1-20-11-4-2-9(6-12(11)21-14(15)16)7-17-10-3-5-13(19)18-8-10/h2,4,6,10,14,17H,3,5,7-8H2,1H3,(H,18,19). The Bertz CT molecular complexity index is 487. The van der Waals surface area contributed by atoms with Gasteiger partial charge in [0, 0.05) is 25.6 Å². The van der Waals surface area contributed by atoms with Crippen LogP contribution < -0.4 is 20.1 Å². The molecule has 1 atom stereocenters. The van der Waals surface area contributed by atoms with Gasteiger partial charge in [-0.15, -0.1) is 0 Å². The van der Waals surface area contributed by atoms with Gasteiger partial charge in [0.25, 0.3) is 0 Å². The van der Waals surface area contributed by atoms with Crippen molar-refractivity contribution in [1.82, 2.24) is 10.6 Å². The van der Waals surface area contributed by atoms with Gasteiger partial charge in [-0.05, 0) is 24.1 Å². The molecule has 21 heavy (non-hydrogen) atoms. The lowest BCUT2D eigenvalue weighted by Crippen LogP contribution is -2.45. The van der Waals surface area contributed by atoms with Gasteiger partial charge in [-0.2, -0.15) is 8.78 Å². The van der Waals surface area contributed by atoms with E-state index in [-0.39, 0.29) is 23.4 Å². The van der Waals surface area contributed by atoms with Crippen LogP contribution in [0.1, 0.15) is 18.4 Å². The molecule has 1 saturated heterocycles. The van der Waals surface area contributed by atoms with Crippen LogP contribution in [0.3, 0.4) is 0 Å². The maximum absolute atomic E-state index is 12.3. The Morgan fingerprint density at radius 3 is 2.86 bits per heavy atom. The molecule has 2 rings (SSSR count). The number of alkyl halides is 2. The molecule has 1 aliphatic rings. The Morgan fingerprint density at radius 2 is 2.24 bits per heavy atom. The number of rotatable bonds is 6. The second kappa shape index (κ2) is 7.21. The third-order valence-corrected chi connectivity index (χ3v) is 3.30. The molecular formula is C14H18F2N2O3. The second-order valence-electron chi connectivity index (χ2n) is 4.78. The van der Waals surface area contributed by atoms with Gasteiger partial charge in [0.15, 0.2) is 11.5 Å². The number of halogens is 2. The summed E-state index contributed by atoms with van der Waals surface area (Å²) in [6.45, 7) is -1.81. The first-order chi connectivity index (χ1) is 10.1. The number of nitrogens with one attached hydrogen (secondary N) is 2. The topological polar surface area (TPSA) is 59.6 Å². The Labute approximate surface area is 121 Å². The molecule has 1 aromatic rings. The molecule has 0 saturated carbocycles. The van der Waals surface area contributed by atoms with E-state index in [1.54, 1.807) is 12.1 Å². The molecule has 7 heteroatoms. The Kier molecular flexibility index (Phi) is 5.32. The fourth-order valence-electron chi connectivity index (χ4n) is 2.19. The molecule has 1 heterocycles. The average molecular weight is 300 g/mol. The van der Waals surface area contributed by atoms with E-state index >= 15 is 0 Å². The monoisotopic (exact) mass is 300 g/mol. The molecule has 1 fully saturated rings. The third kappa shape index (κ3) is 4.56. The molecule has 0 bridgehead atoms. The van der Waals surface area contributed by atoms with Crippen LogP contribution in [0.15, 0.2) is 18.2 Å². The number of methoxy groups -OCH3 is 1. The van der Waals surface area contributed by atoms with Crippen molar-refractivity contribution in [2.75, 3.05) is 13.7 Å². The van der Waals surface area contributed by atoms with Gasteiger partial charge >= 0.3 is 6.61 Å². The predicted molar refractivity (Wildman–Crippen MR) is 72.5 cm³/mol. The van der Waals surface area contributed by atoms with E-state index in [2.05, 4.69) is 15.4 Å². The largest absolute Gasteiger partial charge is 0.493 e. The van der Waals surface area contributed by atoms with Gasteiger partial charge in [-0.3, -0.25) is 4.79 Å². The molecule has 0 spiro atoms. The van der Waals surface area contributed by atoms with Crippen LogP contribution >= 0.6 is 0 Å². The highest BCUT2D eigenvalue weighted by Gasteiger charge is 2.17. The van der Waals surface area contributed by atoms with Crippen molar-refractivity contribution in [1.29, 1.82) is 0 Å². The second-order valence-corrected chi connectivity index (χ2v) is 4.78. The number of carbonyl (C=O) groups excluding carboxylic acids is 1. The molecule has 0 radical (unpaired) electrons. The van der Waals surface area contributed by atoms with Gasteiger partial charge in [0.1, 0.15) is 0 Å². The van der Waals surface area contributed by atoms with Crippen molar-refractivity contribution in [2.24, 2.45) is 0 Å². The van der Waals surface area contributed by atoms with E-state index in [1.165, 1.54) is 13.2 Å². The van der Waals surface area contributed by atoms with Crippen molar-refractivity contribution >= 4 is 5.91 Å². The van der Waals surface area contributed by atoms with Gasteiger partial charge in [-0.25, -0.2) is 0 Å². The molecule has 116 valence electrons. The zero-order valence-corrected chi connectivity index (χ0v) is 11.7. The van der Waals surface area contributed by atoms with E-state index in [9.17, 15) is 13.6 Å². The molecule has 1 amide bonds. The summed E-state index contributed by atoms with van der Waals surface area (Å²) >= 11 is 0. The lowest BCUT2D eigenvalue weighted by atomic mass is 10.1. The zero-order valence-electron chi connectivity index (χ0n) is 11.7. The highest BCUT2D eigenvalue weighted by Crippen LogP contribution is 2.29. The SMILES string of the molecule is COc1ccc(CNC2CCC(=O)NC2)cc1OC(F)F. The van der Waals surface area contributed by atoms with Crippen LogP contribution in [0, 0.1) is 0 Å². The molecular weight excluding hydrogens is 282 g/mol. The summed E-state index contributed by atoms with van der Waals surface area (Å²) in [6.07, 6.45) is 1.27. The van der Waals surface area contributed by atoms with Crippen molar-refractivity contribution in [3.63, 3.8) is 0 Å². The smallest absolute Gasteiger partial charge is 0.387 e. The number of hydrogen-bond donors (Lipinski definition) is 2. The minimum absolute atomic E-state index is 0.0174. The van der Waals surface area contributed by atoms with E-state index in [4.69, 9.17) is 4.74 Å². The molecule has 2 N–H and O–H groups in total. The summed E-state index contributed by atoms with van der Waals surface area (Å²) in [4.78, 5) is 11.1. The summed E-state index contributed by atoms with van der Waals surface area (Å²) in [5.41, 5.74) is 0.809. The summed E-state index contributed by atoms with van der Waals surface area (Å²) in [6, 6.07) is 5.09. The summed E-state index contributed by atoms with van der Waals surface area (Å²) in [5, 5.41) is 6.06. The third-order valence-electron chi connectivity index (χ3n) is 3.30. The first kappa shape index (κ1) is 15.5. The molecule has 0 aliphatic carbocycles. The minimum Gasteiger partial charge on any atom is -0.493 e. The molecule has 5 nitrogen and oxygen atoms in total. The Hall–Kier alpha value is -1.89. The first-order valence-electron chi connectivity index (χ1n) is 6.70. The normalized spacial score (nSPS) is 18.5. The van der Waals surface area contributed by atoms with Gasteiger partial charge < -0.3 is 20.1 Å². The Morgan fingerprint density at radius 1 is 1.43 bits per heavy atom.